The van der Waals surface area contributed by atoms with Crippen LogP contribution in [-0.4, -0.2) is 44.6 Å². The fourth-order valence-corrected chi connectivity index (χ4v) is 14.4. The Morgan fingerprint density at radius 2 is 1.02 bits per heavy atom. The molecule has 0 amide bonds. The molecule has 5 nitrogen and oxygen atoms in total. The molecule has 318 valence electrons. The lowest BCUT2D eigenvalue weighted by atomic mass is 9.62. The quantitative estimate of drug-likeness (QED) is 0.0651. The minimum atomic E-state index is -2.96. The Morgan fingerprint density at radius 1 is 0.607 bits per heavy atom. The van der Waals surface area contributed by atoms with Gasteiger partial charge in [-0.3, -0.25) is 4.79 Å². The van der Waals surface area contributed by atoms with Gasteiger partial charge in [0.25, 0.3) is 8.32 Å². The van der Waals surface area contributed by atoms with Crippen molar-refractivity contribution in [3.05, 3.63) is 198 Å². The lowest BCUT2D eigenvalue weighted by Crippen LogP contribution is -2.68. The molecule has 6 heteroatoms. The standard InChI is InChI=1S/C55H64O5Si/c1-9-50(60-61(54(5,6)7,48-31-21-13-22-32-48)49-33-23-14-24-34-49)40(2)52(59-39-43-35-37-47(58-8)38-36-43)41(3)51(56)42(4)53(57)55(44-25-15-10-16-26-44,45-27-17-11-18-28-45)46-29-19-12-20-30-46/h10-38,40-42,50-52,56H,9,39H2,1-8H3/t40-,41-,42-,50+,51+,52-/m0/s1. The number of ketones is 1. The Kier molecular flexibility index (Phi) is 15.0. The van der Waals surface area contributed by atoms with Crippen LogP contribution in [0.4, 0.5) is 0 Å². The number of carbonyl (C=O) groups is 1. The SMILES string of the molecule is CC[C@@H](O[Si](c1ccccc1)(c1ccccc1)C(C)(C)C)[C@H](C)[C@H](OCc1ccc(OC)cc1)[C@@H](C)[C@@H](O)[C@H](C)C(=O)C(c1ccccc1)(c1ccccc1)c1ccccc1. The zero-order valence-corrected chi connectivity index (χ0v) is 38.2. The number of hydrogen-bond acceptors (Lipinski definition) is 5. The molecule has 0 saturated heterocycles. The predicted molar refractivity (Wildman–Crippen MR) is 252 cm³/mol. The van der Waals surface area contributed by atoms with Crippen LogP contribution in [0.25, 0.3) is 0 Å². The van der Waals surface area contributed by atoms with Crippen molar-refractivity contribution in [2.75, 3.05) is 7.11 Å². The van der Waals surface area contributed by atoms with Crippen molar-refractivity contribution in [3.8, 4) is 5.75 Å². The number of ether oxygens (including phenoxy) is 2. The number of hydrogen-bond donors (Lipinski definition) is 1. The summed E-state index contributed by atoms with van der Waals surface area (Å²) in [6.45, 7) is 15.5. The summed E-state index contributed by atoms with van der Waals surface area (Å²) in [5.41, 5.74) is 2.38. The first-order chi connectivity index (χ1) is 29.4. The van der Waals surface area contributed by atoms with Crippen LogP contribution in [0, 0.1) is 17.8 Å². The minimum absolute atomic E-state index is 0.0763. The fraction of sp³-hybridized carbons (Fsp3) is 0.327. The highest BCUT2D eigenvalue weighted by Crippen LogP contribution is 2.44. The summed E-state index contributed by atoms with van der Waals surface area (Å²) >= 11 is 0. The first-order valence-electron chi connectivity index (χ1n) is 21.8. The molecule has 0 aliphatic heterocycles. The Labute approximate surface area is 365 Å². The van der Waals surface area contributed by atoms with Crippen LogP contribution < -0.4 is 15.1 Å². The Balaban J connectivity index is 1.43. The van der Waals surface area contributed by atoms with Gasteiger partial charge < -0.3 is 19.0 Å². The summed E-state index contributed by atoms with van der Waals surface area (Å²) in [4.78, 5) is 15.7. The van der Waals surface area contributed by atoms with Crippen molar-refractivity contribution in [2.24, 2.45) is 17.8 Å². The number of rotatable bonds is 19. The second-order valence-corrected chi connectivity index (χ2v) is 21.8. The smallest absolute Gasteiger partial charge is 0.261 e. The number of aliphatic hydroxyl groups is 1. The molecular weight excluding hydrogens is 769 g/mol. The van der Waals surface area contributed by atoms with E-state index < -0.39 is 37.8 Å². The van der Waals surface area contributed by atoms with E-state index in [2.05, 4.69) is 95.3 Å². The van der Waals surface area contributed by atoms with Crippen LogP contribution in [0.1, 0.15) is 77.1 Å². The van der Waals surface area contributed by atoms with Crippen molar-refractivity contribution in [1.29, 1.82) is 0 Å². The van der Waals surface area contributed by atoms with Crippen LogP contribution in [0.5, 0.6) is 5.75 Å². The van der Waals surface area contributed by atoms with E-state index in [4.69, 9.17) is 13.9 Å². The summed E-state index contributed by atoms with van der Waals surface area (Å²) in [6.07, 6.45) is -1.07. The second kappa shape index (κ2) is 20.2. The van der Waals surface area contributed by atoms with E-state index in [1.165, 1.54) is 10.4 Å². The van der Waals surface area contributed by atoms with Gasteiger partial charge in [-0.05, 0) is 56.2 Å². The summed E-state index contributed by atoms with van der Waals surface area (Å²) in [7, 11) is -1.30. The lowest BCUT2D eigenvalue weighted by molar-refractivity contribution is -0.135. The Bertz CT molecular complexity index is 2090. The molecule has 0 aromatic heterocycles. The van der Waals surface area contributed by atoms with Crippen molar-refractivity contribution >= 4 is 24.5 Å². The third-order valence-corrected chi connectivity index (χ3v) is 17.9. The summed E-state index contributed by atoms with van der Waals surface area (Å²) in [6, 6.07) is 59.3. The maximum atomic E-state index is 15.7. The van der Waals surface area contributed by atoms with Crippen LogP contribution in [-0.2, 0) is 26.0 Å². The maximum absolute atomic E-state index is 15.7. The maximum Gasteiger partial charge on any atom is 0.261 e. The average Bonchev–Trinajstić information content (AvgIpc) is 3.30. The molecule has 0 radical (unpaired) electrons. The minimum Gasteiger partial charge on any atom is -0.497 e. The van der Waals surface area contributed by atoms with Crippen LogP contribution in [0.15, 0.2) is 176 Å². The van der Waals surface area contributed by atoms with Gasteiger partial charge in [0, 0.05) is 17.8 Å². The monoisotopic (exact) mass is 832 g/mol. The van der Waals surface area contributed by atoms with E-state index in [0.717, 1.165) is 34.4 Å². The van der Waals surface area contributed by atoms with Crippen molar-refractivity contribution in [3.63, 3.8) is 0 Å². The molecule has 0 unspecified atom stereocenters. The average molecular weight is 833 g/mol. The third kappa shape index (κ3) is 9.39. The largest absolute Gasteiger partial charge is 0.497 e. The van der Waals surface area contributed by atoms with Gasteiger partial charge in [0.1, 0.15) is 11.2 Å². The van der Waals surface area contributed by atoms with Crippen LogP contribution in [0.3, 0.4) is 0 Å². The van der Waals surface area contributed by atoms with Crippen LogP contribution >= 0.6 is 0 Å². The molecular formula is C55H64O5Si. The van der Waals surface area contributed by atoms with Gasteiger partial charge in [0.2, 0.25) is 0 Å². The molecule has 6 aromatic carbocycles. The first kappa shape index (κ1) is 45.4. The van der Waals surface area contributed by atoms with Crippen molar-refractivity contribution in [1.82, 2.24) is 0 Å². The highest BCUT2D eigenvalue weighted by atomic mass is 28.4. The van der Waals surface area contributed by atoms with Crippen LogP contribution in [0.2, 0.25) is 5.04 Å². The van der Waals surface area contributed by atoms with Crippen molar-refractivity contribution in [2.45, 2.75) is 90.3 Å². The van der Waals surface area contributed by atoms with E-state index >= 15 is 4.79 Å². The molecule has 0 spiro atoms. The number of aliphatic hydroxyl groups excluding tert-OH is 1. The molecule has 6 aromatic rings. The highest BCUT2D eigenvalue weighted by Gasteiger charge is 2.53. The van der Waals surface area contributed by atoms with E-state index in [-0.39, 0.29) is 22.8 Å². The van der Waals surface area contributed by atoms with Gasteiger partial charge in [0.15, 0.2) is 5.78 Å². The summed E-state index contributed by atoms with van der Waals surface area (Å²) in [5.74, 6) is -0.739. The van der Waals surface area contributed by atoms with Gasteiger partial charge in [-0.25, -0.2) is 0 Å². The predicted octanol–water partition coefficient (Wildman–Crippen LogP) is 10.8. The van der Waals surface area contributed by atoms with Gasteiger partial charge in [0.05, 0.1) is 32.0 Å². The lowest BCUT2D eigenvalue weighted by Gasteiger charge is -2.47. The molecule has 0 saturated carbocycles. The van der Waals surface area contributed by atoms with E-state index in [1.54, 1.807) is 7.11 Å². The molecule has 6 atom stereocenters. The number of methoxy groups -OCH3 is 1. The zero-order valence-electron chi connectivity index (χ0n) is 37.2. The molecule has 0 heterocycles. The Hall–Kier alpha value is -5.11. The Morgan fingerprint density at radius 3 is 1.39 bits per heavy atom. The van der Waals surface area contributed by atoms with E-state index in [9.17, 15) is 5.11 Å². The second-order valence-electron chi connectivity index (χ2n) is 17.6. The van der Waals surface area contributed by atoms with Gasteiger partial charge >= 0.3 is 0 Å². The van der Waals surface area contributed by atoms with Gasteiger partial charge in [-0.2, -0.15) is 0 Å². The zero-order chi connectivity index (χ0) is 43.6. The van der Waals surface area contributed by atoms with Crippen molar-refractivity contribution < 1.29 is 23.8 Å². The molecule has 1 N–H and O–H groups in total. The summed E-state index contributed by atoms with van der Waals surface area (Å²) < 4.78 is 20.3. The fourth-order valence-electron chi connectivity index (χ4n) is 9.53. The molecule has 0 aliphatic rings. The van der Waals surface area contributed by atoms with Gasteiger partial charge in [-0.15, -0.1) is 0 Å². The highest BCUT2D eigenvalue weighted by molar-refractivity contribution is 6.99. The van der Waals surface area contributed by atoms with E-state index in [1.807, 2.05) is 129 Å². The molecule has 0 bridgehead atoms. The molecule has 6 rings (SSSR count). The number of Topliss-reactive ketones (excluding diaryl/α,β-unsaturated/α-hetero) is 1. The topological polar surface area (TPSA) is 65.0 Å². The number of carbonyl (C=O) groups excluding carboxylic acids is 1. The normalized spacial score (nSPS) is 15.2. The van der Waals surface area contributed by atoms with Gasteiger partial charge in [-0.1, -0.05) is 212 Å². The molecule has 61 heavy (non-hydrogen) atoms. The molecule has 0 fully saturated rings. The van der Waals surface area contributed by atoms with E-state index in [0.29, 0.717) is 6.61 Å². The number of benzene rings is 6. The first-order valence-corrected chi connectivity index (χ1v) is 23.7. The summed E-state index contributed by atoms with van der Waals surface area (Å²) in [5, 5.41) is 15.0. The molecule has 0 aliphatic carbocycles. The third-order valence-electron chi connectivity index (χ3n) is 12.8.